The first-order valence-corrected chi connectivity index (χ1v) is 31.3. The molecule has 10 heterocycles. The molecule has 12 heteroatoms. The highest BCUT2D eigenvalue weighted by Gasteiger charge is 2.34. The van der Waals surface area contributed by atoms with Gasteiger partial charge >= 0.3 is 0 Å². The average molecular weight is 1190 g/mol. The molecule has 0 aliphatic rings. The molecule has 10 aromatic rings. The quantitative estimate of drug-likeness (QED) is 0.0319. The van der Waals surface area contributed by atoms with Gasteiger partial charge in [0.1, 0.15) is 0 Å². The van der Waals surface area contributed by atoms with Crippen LogP contribution in [0, 0.1) is 48.5 Å². The zero-order valence-corrected chi connectivity index (χ0v) is 52.5. The molecule has 0 bridgehead atoms. The molecule has 0 aromatic carbocycles. The lowest BCUT2D eigenvalue weighted by atomic mass is 9.92. The second kappa shape index (κ2) is 24.1. The molecule has 10 rings (SSSR count). The standard InChI is InChI=1S/C72H72N6O2S4.6H2/c1-17-45-33-60(81-56(45)21-5)66(50-27-25-37(9)73-50)51-28-29-53(77-51)69(63-36-48(20-4)59(24-8)84-63)72-40(12)65(43(15)76-72)55(80)32-26-49-38(10)70(74-41(49)13)67(61-34-46(18-2)57(22-6)82-61)52-30-31-54(78-52)68(62-35-47(19-3)58(23-7)83-62)71-39(11)64(44(16)79)42(14)75-71;;;;;;/h17-25,27-31,33-36,66-69,73-78H,1-8,26,32H2,9-16H3;6*1H. The number of nitrogens with one attached hydrogen (secondary N) is 6. The van der Waals surface area contributed by atoms with E-state index in [0.717, 1.165) is 153 Å². The van der Waals surface area contributed by atoms with Crippen LogP contribution in [0.25, 0.3) is 48.6 Å². The maximum absolute atomic E-state index is 15.0. The first kappa shape index (κ1) is 58.9. The van der Waals surface area contributed by atoms with Crippen LogP contribution in [0.2, 0.25) is 0 Å². The molecular formula is C72H84N6O2S4. The number of carbonyl (C=O) groups is 2. The Balaban J connectivity index is 0.00000288. The van der Waals surface area contributed by atoms with Gasteiger partial charge in [-0.1, -0.05) is 101 Å². The van der Waals surface area contributed by atoms with E-state index in [0.29, 0.717) is 18.4 Å². The summed E-state index contributed by atoms with van der Waals surface area (Å²) in [5.41, 5.74) is 21.5. The highest BCUT2D eigenvalue weighted by molar-refractivity contribution is 7.14. The summed E-state index contributed by atoms with van der Waals surface area (Å²) >= 11 is 6.78. The Morgan fingerprint density at radius 2 is 0.762 bits per heavy atom. The van der Waals surface area contributed by atoms with Crippen LogP contribution in [0.3, 0.4) is 0 Å². The topological polar surface area (TPSA) is 129 Å². The predicted molar refractivity (Wildman–Crippen MR) is 375 cm³/mol. The Bertz CT molecular complexity index is 4200. The van der Waals surface area contributed by atoms with Gasteiger partial charge in [0, 0.05) is 133 Å². The van der Waals surface area contributed by atoms with Crippen molar-refractivity contribution in [1.29, 1.82) is 0 Å². The van der Waals surface area contributed by atoms with E-state index in [4.69, 9.17) is 0 Å². The molecule has 84 heavy (non-hydrogen) atoms. The molecule has 4 atom stereocenters. The Labute approximate surface area is 518 Å². The first-order chi connectivity index (χ1) is 40.4. The van der Waals surface area contributed by atoms with Gasteiger partial charge in [-0.3, -0.25) is 9.59 Å². The van der Waals surface area contributed by atoms with Crippen LogP contribution in [0.15, 0.2) is 113 Å². The van der Waals surface area contributed by atoms with Crippen molar-refractivity contribution in [3.05, 3.63) is 276 Å². The summed E-state index contributed by atoms with van der Waals surface area (Å²) in [5, 5.41) is 0. The van der Waals surface area contributed by atoms with Crippen LogP contribution < -0.4 is 0 Å². The van der Waals surface area contributed by atoms with E-state index in [1.165, 1.54) is 4.88 Å². The number of carbonyl (C=O) groups excluding carboxylic acids is 2. The van der Waals surface area contributed by atoms with Crippen molar-refractivity contribution in [2.45, 2.75) is 91.9 Å². The lowest BCUT2D eigenvalue weighted by molar-refractivity contribution is 0.0979. The van der Waals surface area contributed by atoms with E-state index >= 15 is 4.79 Å². The van der Waals surface area contributed by atoms with Crippen molar-refractivity contribution in [2.24, 2.45) is 0 Å². The summed E-state index contributed by atoms with van der Waals surface area (Å²) in [6, 6.07) is 21.8. The van der Waals surface area contributed by atoms with Gasteiger partial charge in [-0.2, -0.15) is 0 Å². The predicted octanol–water partition coefficient (Wildman–Crippen LogP) is 21.4. The van der Waals surface area contributed by atoms with Crippen molar-refractivity contribution in [1.82, 2.24) is 29.9 Å². The fourth-order valence-corrected chi connectivity index (χ4v) is 17.2. The third-order valence-corrected chi connectivity index (χ3v) is 21.4. The van der Waals surface area contributed by atoms with Crippen molar-refractivity contribution >= 4 is 106 Å². The van der Waals surface area contributed by atoms with Crippen LogP contribution in [-0.4, -0.2) is 41.5 Å². The molecule has 0 aliphatic heterocycles. The number of ketones is 2. The van der Waals surface area contributed by atoms with Gasteiger partial charge in [-0.25, -0.2) is 0 Å². The number of aromatic amines is 6. The molecule has 0 spiro atoms. The van der Waals surface area contributed by atoms with Crippen molar-refractivity contribution in [2.75, 3.05) is 0 Å². The average Bonchev–Trinajstić information content (AvgIpc) is 1.72. The molecule has 0 aliphatic carbocycles. The van der Waals surface area contributed by atoms with E-state index in [1.54, 1.807) is 52.3 Å². The van der Waals surface area contributed by atoms with Crippen LogP contribution in [0.1, 0.15) is 218 Å². The Morgan fingerprint density at radius 3 is 1.11 bits per heavy atom. The second-order valence-corrected chi connectivity index (χ2v) is 26.1. The summed E-state index contributed by atoms with van der Waals surface area (Å²) in [5.74, 6) is -0.738. The van der Waals surface area contributed by atoms with Crippen LogP contribution >= 0.6 is 45.3 Å². The zero-order valence-electron chi connectivity index (χ0n) is 49.2. The number of hydrogen-bond donors (Lipinski definition) is 6. The summed E-state index contributed by atoms with van der Waals surface area (Å²) < 4.78 is 0. The third kappa shape index (κ3) is 10.6. The minimum atomic E-state index is -0.260. The maximum atomic E-state index is 15.0. The fraction of sp³-hybridized carbons (Fsp3) is 0.194. The highest BCUT2D eigenvalue weighted by atomic mass is 32.1. The van der Waals surface area contributed by atoms with Gasteiger partial charge in [-0.05, 0) is 167 Å². The van der Waals surface area contributed by atoms with Crippen LogP contribution in [-0.2, 0) is 6.42 Å². The monoisotopic (exact) mass is 1190 g/mol. The third-order valence-electron chi connectivity index (χ3n) is 16.6. The smallest absolute Gasteiger partial charge is 0.165 e. The number of H-pyrrole nitrogens is 6. The first-order valence-electron chi connectivity index (χ1n) is 28.1. The fourth-order valence-electron chi connectivity index (χ4n) is 12.6. The van der Waals surface area contributed by atoms with Crippen LogP contribution in [0.4, 0.5) is 0 Å². The number of aryl methyl sites for hydroxylation is 4. The Hall–Kier alpha value is -8.26. The number of Topliss-reactive ketones (excluding diaryl/α,β-unsaturated/α-hetero) is 2. The minimum Gasteiger partial charge on any atom is -0.362 e. The van der Waals surface area contributed by atoms with Gasteiger partial charge < -0.3 is 29.9 Å². The van der Waals surface area contributed by atoms with E-state index in [-0.39, 0.29) is 43.8 Å². The van der Waals surface area contributed by atoms with E-state index in [2.05, 4.69) is 171 Å². The molecule has 0 amide bonds. The maximum Gasteiger partial charge on any atom is 0.165 e. The molecule has 8 nitrogen and oxygen atoms in total. The summed E-state index contributed by atoms with van der Waals surface area (Å²) in [4.78, 5) is 59.5. The number of hydrogen-bond acceptors (Lipinski definition) is 6. The molecule has 6 N–H and O–H groups in total. The normalized spacial score (nSPS) is 12.9. The van der Waals surface area contributed by atoms with E-state index in [9.17, 15) is 4.79 Å². The number of thiophene rings is 4. The van der Waals surface area contributed by atoms with Gasteiger partial charge in [0.05, 0.1) is 23.7 Å². The highest BCUT2D eigenvalue weighted by Crippen LogP contribution is 2.47. The Morgan fingerprint density at radius 1 is 0.429 bits per heavy atom. The molecular weight excluding hydrogens is 1110 g/mol. The molecule has 0 radical (unpaired) electrons. The molecule has 438 valence electrons. The lowest BCUT2D eigenvalue weighted by Gasteiger charge is -2.18. The number of aromatic nitrogens is 6. The van der Waals surface area contributed by atoms with E-state index in [1.807, 2.05) is 69.4 Å². The summed E-state index contributed by atoms with van der Waals surface area (Å²) in [6.45, 7) is 49.2. The SMILES string of the molecule is C=Cc1cc(C(c2ccc(C)[nH]2)c2ccc(C(c3cc(C=C)c(C=C)s3)c3[nH]c(C)c(C(=O)CCc4c(C)[nH]c(C(c5ccc(C(c6cc(C=C)c(C=C)s6)c6[nH]c(C)c(C(C)=O)c6C)[nH]5)c5cc(C=C)c(C=C)s5)c4C)c3C)[nH]2)sc1C=C.[HH].[HH].[HH].[HH].[HH].[HH]. The number of rotatable bonds is 25. The molecule has 0 fully saturated rings. The molecule has 0 saturated carbocycles. The second-order valence-electron chi connectivity index (χ2n) is 21.6. The van der Waals surface area contributed by atoms with Crippen molar-refractivity contribution in [3.63, 3.8) is 0 Å². The lowest BCUT2D eigenvalue weighted by Crippen LogP contribution is -2.08. The van der Waals surface area contributed by atoms with Crippen molar-refractivity contribution in [3.8, 4) is 0 Å². The Kier molecular flexibility index (Phi) is 16.9. The van der Waals surface area contributed by atoms with Gasteiger partial charge in [0.2, 0.25) is 0 Å². The molecule has 10 aromatic heterocycles. The molecule has 0 saturated heterocycles. The van der Waals surface area contributed by atoms with Gasteiger partial charge in [0.15, 0.2) is 11.6 Å². The van der Waals surface area contributed by atoms with Gasteiger partial charge in [0.25, 0.3) is 0 Å². The summed E-state index contributed by atoms with van der Waals surface area (Å²) in [6.07, 6.45) is 15.9. The van der Waals surface area contributed by atoms with Gasteiger partial charge in [-0.15, -0.1) is 45.3 Å². The molecule has 4 unspecified atom stereocenters. The van der Waals surface area contributed by atoms with Crippen LogP contribution in [0.5, 0.6) is 0 Å². The largest absolute Gasteiger partial charge is 0.362 e. The van der Waals surface area contributed by atoms with E-state index < -0.39 is 0 Å². The summed E-state index contributed by atoms with van der Waals surface area (Å²) in [7, 11) is 0. The van der Waals surface area contributed by atoms with Crippen molar-refractivity contribution < 1.29 is 18.1 Å². The minimum absolute atomic E-state index is 0. The zero-order chi connectivity index (χ0) is 60.0.